The number of ether oxygens (including phenoxy) is 2. The average Bonchev–Trinajstić information content (AvgIpc) is 3.49. The largest absolute Gasteiger partial charge is 0.497 e. The highest BCUT2D eigenvalue weighted by atomic mass is 16.7. The van der Waals surface area contributed by atoms with Gasteiger partial charge in [-0.1, -0.05) is 37.3 Å². The number of hydrogen-bond acceptors (Lipinski definition) is 7. The Hall–Kier alpha value is -3.16. The van der Waals surface area contributed by atoms with Crippen molar-refractivity contribution in [1.29, 1.82) is 0 Å². The van der Waals surface area contributed by atoms with Crippen molar-refractivity contribution in [1.82, 2.24) is 0 Å². The van der Waals surface area contributed by atoms with Gasteiger partial charge in [-0.25, -0.2) is 9.86 Å². The number of para-hydroxylation sites is 1. The molecule has 0 amide bonds. The number of aliphatic hydroxyl groups is 1. The summed E-state index contributed by atoms with van der Waals surface area (Å²) in [5.74, 6) is -0.480. The topological polar surface area (TPSA) is 85.3 Å². The zero-order valence-corrected chi connectivity index (χ0v) is 20.7. The Labute approximate surface area is 210 Å². The summed E-state index contributed by atoms with van der Waals surface area (Å²) >= 11 is 0. The van der Waals surface area contributed by atoms with Crippen molar-refractivity contribution in [2.24, 2.45) is 17.3 Å². The lowest BCUT2D eigenvalue weighted by atomic mass is 9.63. The Balaban J connectivity index is 1.45. The van der Waals surface area contributed by atoms with Gasteiger partial charge in [0, 0.05) is 12.3 Å². The van der Waals surface area contributed by atoms with Crippen molar-refractivity contribution in [3.05, 3.63) is 72.3 Å². The minimum atomic E-state index is -1.37. The fourth-order valence-electron chi connectivity index (χ4n) is 6.91. The SMILES string of the molecule is COc1ccc([C@H]2CC3(ON2c2ccccc2)C(=O)O[C@@H]2[C@H]3CC[C@H](C)[C@]3(O)C=CC(=O)[C@@]23C)cc1. The Morgan fingerprint density at radius 3 is 2.47 bits per heavy atom. The zero-order chi connectivity index (χ0) is 25.3. The lowest BCUT2D eigenvalue weighted by Crippen LogP contribution is -2.57. The summed E-state index contributed by atoms with van der Waals surface area (Å²) < 4.78 is 11.4. The first-order valence-electron chi connectivity index (χ1n) is 12.6. The Bertz CT molecular complexity index is 1230. The number of nitrogens with zero attached hydrogens (tertiary/aromatic N) is 1. The number of carbonyl (C=O) groups is 2. The maximum Gasteiger partial charge on any atom is 0.342 e. The number of hydrogen-bond donors (Lipinski definition) is 1. The van der Waals surface area contributed by atoms with Gasteiger partial charge in [-0.15, -0.1) is 0 Å². The Morgan fingerprint density at radius 1 is 1.06 bits per heavy atom. The summed E-state index contributed by atoms with van der Waals surface area (Å²) in [6, 6.07) is 17.2. The molecule has 6 rings (SSSR count). The van der Waals surface area contributed by atoms with E-state index in [0.717, 1.165) is 17.0 Å². The molecule has 1 N–H and O–H groups in total. The van der Waals surface area contributed by atoms with Crippen molar-refractivity contribution >= 4 is 17.4 Å². The Kier molecular flexibility index (Phi) is 5.11. The van der Waals surface area contributed by atoms with Crippen LogP contribution in [0.4, 0.5) is 5.69 Å². The fraction of sp³-hybridized carbons (Fsp3) is 0.448. The maximum atomic E-state index is 13.7. The second-order valence-corrected chi connectivity index (χ2v) is 10.8. The van der Waals surface area contributed by atoms with E-state index in [1.165, 1.54) is 6.08 Å². The van der Waals surface area contributed by atoms with Crippen LogP contribution in [0, 0.1) is 17.3 Å². The van der Waals surface area contributed by atoms with Gasteiger partial charge in [0.15, 0.2) is 5.78 Å². The van der Waals surface area contributed by atoms with Crippen LogP contribution in [0.25, 0.3) is 0 Å². The van der Waals surface area contributed by atoms with Crippen LogP contribution in [0.5, 0.6) is 5.75 Å². The standard InChI is InChI=1S/C29H31NO6/c1-18-9-14-22-25(27(2)24(31)15-16-29(18,27)33)35-26(32)28(22)17-23(19-10-12-21(34-3)13-11-19)30(36-28)20-7-5-4-6-8-20/h4-8,10-13,15-16,18,22-23,25,33H,9,14,17H2,1-3H3/t18-,22+,23+,25+,27-,28?,29+/m0/s1. The predicted molar refractivity (Wildman–Crippen MR) is 132 cm³/mol. The Morgan fingerprint density at radius 2 is 1.78 bits per heavy atom. The van der Waals surface area contributed by atoms with E-state index in [9.17, 15) is 14.7 Å². The summed E-state index contributed by atoms with van der Waals surface area (Å²) in [6.45, 7) is 3.70. The molecule has 0 bridgehead atoms. The van der Waals surface area contributed by atoms with Crippen LogP contribution in [0.15, 0.2) is 66.7 Å². The van der Waals surface area contributed by atoms with Crippen molar-refractivity contribution in [3.8, 4) is 5.75 Å². The molecule has 188 valence electrons. The zero-order valence-electron chi connectivity index (χ0n) is 20.7. The molecule has 2 aliphatic heterocycles. The van der Waals surface area contributed by atoms with E-state index in [-0.39, 0.29) is 23.7 Å². The van der Waals surface area contributed by atoms with Gasteiger partial charge in [-0.2, -0.15) is 0 Å². The highest BCUT2D eigenvalue weighted by Gasteiger charge is 2.74. The molecule has 2 heterocycles. The van der Waals surface area contributed by atoms with E-state index in [1.54, 1.807) is 20.1 Å². The van der Waals surface area contributed by atoms with Crippen LogP contribution >= 0.6 is 0 Å². The summed E-state index contributed by atoms with van der Waals surface area (Å²) in [6.07, 6.45) is 3.89. The van der Waals surface area contributed by atoms with Gasteiger partial charge in [-0.3, -0.25) is 9.63 Å². The van der Waals surface area contributed by atoms with E-state index in [1.807, 2.05) is 66.6 Å². The van der Waals surface area contributed by atoms with E-state index in [4.69, 9.17) is 14.3 Å². The van der Waals surface area contributed by atoms with Gasteiger partial charge < -0.3 is 14.6 Å². The molecule has 3 fully saturated rings. The molecule has 1 saturated carbocycles. The first kappa shape index (κ1) is 23.3. The highest BCUT2D eigenvalue weighted by Crippen LogP contribution is 2.61. The van der Waals surface area contributed by atoms with Gasteiger partial charge in [0.2, 0.25) is 5.60 Å². The van der Waals surface area contributed by atoms with Crippen molar-refractivity contribution in [2.45, 2.75) is 56.5 Å². The quantitative estimate of drug-likeness (QED) is 0.648. The molecule has 1 unspecified atom stereocenters. The lowest BCUT2D eigenvalue weighted by molar-refractivity contribution is -0.169. The molecule has 7 heteroatoms. The molecule has 1 spiro atoms. The van der Waals surface area contributed by atoms with Gasteiger partial charge >= 0.3 is 5.97 Å². The molecule has 2 aromatic carbocycles. The number of anilines is 1. The molecule has 2 aromatic rings. The van der Waals surface area contributed by atoms with Gasteiger partial charge in [0.25, 0.3) is 0 Å². The third-order valence-corrected chi connectivity index (χ3v) is 9.16. The van der Waals surface area contributed by atoms with Crippen LogP contribution in [-0.2, 0) is 19.2 Å². The minimum absolute atomic E-state index is 0.171. The van der Waals surface area contributed by atoms with E-state index in [2.05, 4.69) is 0 Å². The normalized spacial score (nSPS) is 39.2. The van der Waals surface area contributed by atoms with Crippen molar-refractivity contribution < 1.29 is 29.0 Å². The van der Waals surface area contributed by atoms with Crippen molar-refractivity contribution in [2.75, 3.05) is 12.2 Å². The van der Waals surface area contributed by atoms with Gasteiger partial charge in [-0.05, 0) is 67.7 Å². The molecule has 7 atom stereocenters. The molecule has 36 heavy (non-hydrogen) atoms. The highest BCUT2D eigenvalue weighted by molar-refractivity contribution is 6.00. The van der Waals surface area contributed by atoms with E-state index in [0.29, 0.717) is 19.3 Å². The first-order valence-corrected chi connectivity index (χ1v) is 12.6. The van der Waals surface area contributed by atoms with E-state index < -0.39 is 28.7 Å². The predicted octanol–water partition coefficient (Wildman–Crippen LogP) is 4.16. The van der Waals surface area contributed by atoms with Crippen LogP contribution in [0.1, 0.15) is 44.7 Å². The number of carbonyl (C=O) groups excluding carboxylic acids is 2. The smallest absolute Gasteiger partial charge is 0.342 e. The molecule has 4 aliphatic rings. The molecule has 0 aromatic heterocycles. The third kappa shape index (κ3) is 2.93. The third-order valence-electron chi connectivity index (χ3n) is 9.16. The second kappa shape index (κ2) is 7.92. The fourth-order valence-corrected chi connectivity index (χ4v) is 6.91. The van der Waals surface area contributed by atoms with Crippen LogP contribution < -0.4 is 9.80 Å². The van der Waals surface area contributed by atoms with E-state index >= 15 is 0 Å². The number of esters is 1. The molecule has 7 nitrogen and oxygen atoms in total. The average molecular weight is 490 g/mol. The number of rotatable bonds is 3. The van der Waals surface area contributed by atoms with Crippen LogP contribution in [0.2, 0.25) is 0 Å². The number of fused-ring (bicyclic) bond motifs is 4. The first-order chi connectivity index (χ1) is 17.2. The molecular formula is C29H31NO6. The number of methoxy groups -OCH3 is 1. The number of benzene rings is 2. The number of hydroxylamine groups is 1. The van der Waals surface area contributed by atoms with Crippen molar-refractivity contribution in [3.63, 3.8) is 0 Å². The van der Waals surface area contributed by atoms with Gasteiger partial charge in [0.05, 0.1) is 24.3 Å². The maximum absolute atomic E-state index is 13.7. The summed E-state index contributed by atoms with van der Waals surface area (Å²) in [5, 5.41) is 13.5. The summed E-state index contributed by atoms with van der Waals surface area (Å²) in [4.78, 5) is 33.6. The molecular weight excluding hydrogens is 458 g/mol. The van der Waals surface area contributed by atoms with Crippen LogP contribution in [-0.4, -0.2) is 41.3 Å². The van der Waals surface area contributed by atoms with Crippen LogP contribution in [0.3, 0.4) is 0 Å². The monoisotopic (exact) mass is 489 g/mol. The lowest BCUT2D eigenvalue weighted by Gasteiger charge is -2.43. The number of allylic oxidation sites excluding steroid dienone is 1. The molecule has 2 saturated heterocycles. The molecule has 0 radical (unpaired) electrons. The minimum Gasteiger partial charge on any atom is -0.497 e. The van der Waals surface area contributed by atoms with Gasteiger partial charge in [0.1, 0.15) is 17.5 Å². The summed E-state index contributed by atoms with van der Waals surface area (Å²) in [7, 11) is 1.63. The second-order valence-electron chi connectivity index (χ2n) is 10.8. The number of ketones is 1. The molecule has 2 aliphatic carbocycles. The summed E-state index contributed by atoms with van der Waals surface area (Å²) in [5.41, 5.74) is -2.08.